The van der Waals surface area contributed by atoms with Crippen molar-refractivity contribution in [3.05, 3.63) is 53.2 Å². The summed E-state index contributed by atoms with van der Waals surface area (Å²) in [6, 6.07) is 9.41. The summed E-state index contributed by atoms with van der Waals surface area (Å²) >= 11 is 0. The summed E-state index contributed by atoms with van der Waals surface area (Å²) in [6.45, 7) is 11.7. The quantitative estimate of drug-likeness (QED) is 0.739. The number of aromatic nitrogens is 1. The molecular formula is C20H28ClN3O2. The molecule has 1 N–H and O–H groups in total. The summed E-state index contributed by atoms with van der Waals surface area (Å²) < 4.78 is 5.65. The number of pyridine rings is 1. The number of nitrogens with zero attached hydrogens (tertiary/aromatic N) is 2. The van der Waals surface area contributed by atoms with Gasteiger partial charge in [-0.25, -0.2) is 4.98 Å². The van der Waals surface area contributed by atoms with E-state index < -0.39 is 0 Å². The van der Waals surface area contributed by atoms with Gasteiger partial charge in [0.15, 0.2) is 0 Å². The molecule has 0 atom stereocenters. The lowest BCUT2D eigenvalue weighted by Gasteiger charge is -2.17. The van der Waals surface area contributed by atoms with E-state index in [0.717, 1.165) is 36.4 Å². The summed E-state index contributed by atoms with van der Waals surface area (Å²) in [5.41, 5.74) is 3.45. The first-order valence-corrected chi connectivity index (χ1v) is 8.74. The third-order valence-corrected chi connectivity index (χ3v) is 4.27. The normalized spacial score (nSPS) is 10.3. The Balaban J connectivity index is 0.00000338. The fraction of sp³-hybridized carbons (Fsp3) is 0.400. The van der Waals surface area contributed by atoms with Crippen molar-refractivity contribution < 1.29 is 23.4 Å². The fourth-order valence-electron chi connectivity index (χ4n) is 2.62. The Kier molecular flexibility index (Phi) is 9.10. The Morgan fingerprint density at radius 1 is 1.15 bits per heavy atom. The molecular weight excluding hydrogens is 350 g/mol. The Morgan fingerprint density at radius 3 is 2.35 bits per heavy atom. The van der Waals surface area contributed by atoms with Gasteiger partial charge in [0.25, 0.3) is 5.91 Å². The molecule has 1 aromatic carbocycles. The molecule has 5 nitrogen and oxygen atoms in total. The lowest BCUT2D eigenvalue weighted by atomic mass is 10.1. The van der Waals surface area contributed by atoms with E-state index in [4.69, 9.17) is 4.74 Å². The Bertz CT molecular complexity index is 687. The molecule has 0 saturated heterocycles. The van der Waals surface area contributed by atoms with Gasteiger partial charge in [-0.3, -0.25) is 4.79 Å². The lowest BCUT2D eigenvalue weighted by molar-refractivity contribution is -0.0000136. The predicted molar refractivity (Wildman–Crippen MR) is 103 cm³/mol. The zero-order valence-electron chi connectivity index (χ0n) is 16.9. The third-order valence-electron chi connectivity index (χ3n) is 4.27. The number of para-hydroxylation sites is 1. The van der Waals surface area contributed by atoms with Crippen LogP contribution in [-0.2, 0) is 0 Å². The summed E-state index contributed by atoms with van der Waals surface area (Å²) in [5, 5.41) is 2.96. The zero-order valence-corrected chi connectivity index (χ0v) is 16.6. The Morgan fingerprint density at radius 2 is 1.81 bits per heavy atom. The molecule has 2 rings (SSSR count). The van der Waals surface area contributed by atoms with Crippen LogP contribution >= 0.6 is 0 Å². The van der Waals surface area contributed by atoms with Gasteiger partial charge < -0.3 is 27.4 Å². The molecule has 0 unspecified atom stereocenters. The molecule has 1 heterocycles. The summed E-state index contributed by atoms with van der Waals surface area (Å²) in [4.78, 5) is 18.9. The molecule has 0 aliphatic heterocycles. The number of ether oxygens (including phenoxy) is 1. The second-order valence-corrected chi connectivity index (χ2v) is 5.98. The van der Waals surface area contributed by atoms with E-state index in [1.807, 2.05) is 32.0 Å². The molecule has 26 heavy (non-hydrogen) atoms. The molecule has 142 valence electrons. The number of rotatable bonds is 8. The first-order valence-electron chi connectivity index (χ1n) is 8.74. The van der Waals surface area contributed by atoms with E-state index in [1.165, 1.54) is 0 Å². The standard InChI is InChI=1S/C20H27N3O2.ClH/c1-5-23(6-2)12-13-25-18-11-10-17(14-21-18)20(24)22-19-15(3)8-7-9-16(19)4;/h7-11,14H,5-6,12-13H2,1-4H3,(H,22,24);1H. The van der Waals surface area contributed by atoms with E-state index in [1.54, 1.807) is 18.3 Å². The van der Waals surface area contributed by atoms with Gasteiger partial charge in [-0.15, -0.1) is 0 Å². The maximum Gasteiger partial charge on any atom is 1.00 e. The highest BCUT2D eigenvalue weighted by Gasteiger charge is 2.10. The van der Waals surface area contributed by atoms with E-state index in [9.17, 15) is 4.79 Å². The van der Waals surface area contributed by atoms with Crippen LogP contribution in [0.15, 0.2) is 36.5 Å². The number of hydrogen-bond acceptors (Lipinski definition) is 4. The average Bonchev–Trinajstić information content (AvgIpc) is 2.62. The van der Waals surface area contributed by atoms with Crippen molar-refractivity contribution >= 4 is 11.6 Å². The maximum atomic E-state index is 12.4. The van der Waals surface area contributed by atoms with Crippen LogP contribution in [0.2, 0.25) is 0 Å². The highest BCUT2D eigenvalue weighted by atomic mass is 35.5. The van der Waals surface area contributed by atoms with Crippen LogP contribution in [0, 0.1) is 13.8 Å². The SMILES string of the molecule is CCN(CC)CCOc1ccc(C(=O)Nc2c(C)cccc2C)cn1.[Cl-].[H+]. The Labute approximate surface area is 163 Å². The van der Waals surface area contributed by atoms with Crippen molar-refractivity contribution in [3.63, 3.8) is 0 Å². The Hall–Kier alpha value is -2.11. The first kappa shape index (κ1) is 21.9. The number of halogens is 1. The number of likely N-dealkylation sites (N-methyl/N-ethyl adjacent to an activating group) is 1. The van der Waals surface area contributed by atoms with Gasteiger partial charge in [-0.2, -0.15) is 0 Å². The van der Waals surface area contributed by atoms with E-state index >= 15 is 0 Å². The van der Waals surface area contributed by atoms with E-state index in [-0.39, 0.29) is 19.7 Å². The fourth-order valence-corrected chi connectivity index (χ4v) is 2.62. The van der Waals surface area contributed by atoms with Crippen LogP contribution in [0.3, 0.4) is 0 Å². The minimum absolute atomic E-state index is 0. The van der Waals surface area contributed by atoms with Gasteiger partial charge in [-0.05, 0) is 44.1 Å². The van der Waals surface area contributed by atoms with Crippen LogP contribution in [0.25, 0.3) is 0 Å². The lowest BCUT2D eigenvalue weighted by Crippen LogP contribution is -3.00. The molecule has 1 amide bonds. The summed E-state index contributed by atoms with van der Waals surface area (Å²) in [6.07, 6.45) is 1.55. The van der Waals surface area contributed by atoms with Gasteiger partial charge in [0.05, 0.1) is 5.56 Å². The van der Waals surface area contributed by atoms with Crippen molar-refractivity contribution in [1.29, 1.82) is 0 Å². The maximum absolute atomic E-state index is 12.4. The van der Waals surface area contributed by atoms with Gasteiger partial charge in [0.2, 0.25) is 5.88 Å². The molecule has 1 aromatic heterocycles. The van der Waals surface area contributed by atoms with Crippen LogP contribution in [-0.4, -0.2) is 42.0 Å². The van der Waals surface area contributed by atoms with E-state index in [2.05, 4.69) is 29.0 Å². The van der Waals surface area contributed by atoms with Gasteiger partial charge >= 0.3 is 1.43 Å². The average molecular weight is 378 g/mol. The number of amides is 1. The molecule has 0 aliphatic rings. The number of anilines is 1. The molecule has 0 spiro atoms. The van der Waals surface area contributed by atoms with Crippen LogP contribution in [0.5, 0.6) is 5.88 Å². The van der Waals surface area contributed by atoms with Gasteiger partial charge in [0.1, 0.15) is 6.61 Å². The number of carbonyl (C=O) groups excluding carboxylic acids is 1. The van der Waals surface area contributed by atoms with Crippen LogP contribution in [0.1, 0.15) is 36.8 Å². The van der Waals surface area contributed by atoms with E-state index in [0.29, 0.717) is 18.1 Å². The molecule has 0 radical (unpaired) electrons. The molecule has 0 saturated carbocycles. The van der Waals surface area contributed by atoms with Gasteiger partial charge in [-0.1, -0.05) is 32.0 Å². The van der Waals surface area contributed by atoms with Crippen molar-refractivity contribution in [2.45, 2.75) is 27.7 Å². The second-order valence-electron chi connectivity index (χ2n) is 5.98. The second kappa shape index (κ2) is 10.8. The molecule has 0 bridgehead atoms. The highest BCUT2D eigenvalue weighted by Crippen LogP contribution is 2.20. The van der Waals surface area contributed by atoms with Crippen molar-refractivity contribution in [2.75, 3.05) is 31.6 Å². The summed E-state index contributed by atoms with van der Waals surface area (Å²) in [5.74, 6) is 0.371. The molecule has 6 heteroatoms. The zero-order chi connectivity index (χ0) is 18.2. The van der Waals surface area contributed by atoms with Crippen LogP contribution in [0.4, 0.5) is 5.69 Å². The molecule has 2 aromatic rings. The third kappa shape index (κ3) is 6.00. The monoisotopic (exact) mass is 377 g/mol. The van der Waals surface area contributed by atoms with Crippen molar-refractivity contribution in [3.8, 4) is 5.88 Å². The first-order chi connectivity index (χ1) is 12.0. The number of aryl methyl sites for hydroxylation is 2. The number of nitrogens with one attached hydrogen (secondary N) is 1. The van der Waals surface area contributed by atoms with Crippen molar-refractivity contribution in [2.24, 2.45) is 0 Å². The molecule has 0 aliphatic carbocycles. The van der Waals surface area contributed by atoms with Crippen LogP contribution < -0.4 is 22.5 Å². The van der Waals surface area contributed by atoms with Crippen molar-refractivity contribution in [1.82, 2.24) is 9.88 Å². The van der Waals surface area contributed by atoms with Gasteiger partial charge in [0, 0.05) is 24.5 Å². The number of carbonyl (C=O) groups is 1. The minimum Gasteiger partial charge on any atom is -1.00 e. The number of hydrogen-bond donors (Lipinski definition) is 1. The highest BCUT2D eigenvalue weighted by molar-refractivity contribution is 6.04. The largest absolute Gasteiger partial charge is 1.00 e. The predicted octanol–water partition coefficient (Wildman–Crippen LogP) is 0.788. The smallest absolute Gasteiger partial charge is 1.00 e. The topological polar surface area (TPSA) is 54.5 Å². The minimum atomic E-state index is -0.167. The molecule has 0 fully saturated rings. The number of benzene rings is 1. The summed E-state index contributed by atoms with van der Waals surface area (Å²) in [7, 11) is 0.